The lowest BCUT2D eigenvalue weighted by atomic mass is 10.1. The Bertz CT molecular complexity index is 672. The summed E-state index contributed by atoms with van der Waals surface area (Å²) in [5, 5.41) is 5.20. The summed E-state index contributed by atoms with van der Waals surface area (Å²) in [5.74, 6) is -0.295. The summed E-state index contributed by atoms with van der Waals surface area (Å²) >= 11 is 0. The smallest absolute Gasteiger partial charge is 0.411 e. The maximum absolute atomic E-state index is 12.1. The molecule has 1 saturated heterocycles. The quantitative estimate of drug-likeness (QED) is 0.865. The first-order valence-electron chi connectivity index (χ1n) is 6.95. The summed E-state index contributed by atoms with van der Waals surface area (Å²) in [6.45, 7) is 1.95. The Balaban J connectivity index is 2.00. The molecule has 7 nitrogen and oxygen atoms in total. The molecular formula is C14H18N2O5S. The summed E-state index contributed by atoms with van der Waals surface area (Å²) in [6.07, 6.45) is -0.170. The molecule has 1 aliphatic heterocycles. The zero-order valence-electron chi connectivity index (χ0n) is 12.2. The molecule has 1 heterocycles. The molecule has 8 heteroatoms. The monoisotopic (exact) mass is 326 g/mol. The Morgan fingerprint density at radius 2 is 2.14 bits per heavy atom. The highest BCUT2D eigenvalue weighted by Gasteiger charge is 2.29. The minimum atomic E-state index is -3.04. The van der Waals surface area contributed by atoms with Gasteiger partial charge in [-0.2, -0.15) is 0 Å². The Kier molecular flexibility index (Phi) is 5.02. The van der Waals surface area contributed by atoms with E-state index < -0.39 is 15.9 Å². The lowest BCUT2D eigenvalue weighted by molar-refractivity contribution is 0.0941. The third-order valence-electron chi connectivity index (χ3n) is 3.21. The SMILES string of the molecule is CCOC(=O)Nc1cccc(C(=O)NC2CCS(=O)(=O)C2)c1. The molecule has 2 amide bonds. The number of amides is 2. The third kappa shape index (κ3) is 4.45. The number of sulfone groups is 1. The van der Waals surface area contributed by atoms with Gasteiger partial charge in [0.25, 0.3) is 5.91 Å². The van der Waals surface area contributed by atoms with Crippen LogP contribution in [0.25, 0.3) is 0 Å². The highest BCUT2D eigenvalue weighted by Crippen LogP contribution is 2.14. The first-order valence-corrected chi connectivity index (χ1v) is 8.77. The highest BCUT2D eigenvalue weighted by molar-refractivity contribution is 7.91. The molecule has 1 unspecified atom stereocenters. The van der Waals surface area contributed by atoms with Crippen LogP contribution < -0.4 is 10.6 Å². The third-order valence-corrected chi connectivity index (χ3v) is 4.98. The zero-order valence-corrected chi connectivity index (χ0v) is 13.0. The van der Waals surface area contributed by atoms with Gasteiger partial charge in [0, 0.05) is 17.3 Å². The number of anilines is 1. The topological polar surface area (TPSA) is 102 Å². The molecule has 1 atom stereocenters. The normalized spacial score (nSPS) is 19.4. The largest absolute Gasteiger partial charge is 0.450 e. The number of hydrogen-bond donors (Lipinski definition) is 2. The van der Waals surface area contributed by atoms with Gasteiger partial charge in [-0.05, 0) is 31.5 Å². The second-order valence-electron chi connectivity index (χ2n) is 5.00. The summed E-state index contributed by atoms with van der Waals surface area (Å²) in [7, 11) is -3.04. The van der Waals surface area contributed by atoms with Gasteiger partial charge >= 0.3 is 6.09 Å². The van der Waals surface area contributed by atoms with Crippen LogP contribution >= 0.6 is 0 Å². The molecule has 120 valence electrons. The minimum absolute atomic E-state index is 0.0283. The first kappa shape index (κ1) is 16.3. The molecule has 0 saturated carbocycles. The standard InChI is InChI=1S/C14H18N2O5S/c1-2-21-14(18)16-11-5-3-4-10(8-11)13(17)15-12-6-7-22(19,20)9-12/h3-5,8,12H,2,6-7,9H2,1H3,(H,15,17)(H,16,18). The average Bonchev–Trinajstić information content (AvgIpc) is 2.78. The second-order valence-corrected chi connectivity index (χ2v) is 7.23. The molecule has 0 aliphatic carbocycles. The van der Waals surface area contributed by atoms with Crippen LogP contribution in [0.4, 0.5) is 10.5 Å². The van der Waals surface area contributed by atoms with Crippen LogP contribution in [-0.4, -0.2) is 44.6 Å². The van der Waals surface area contributed by atoms with Crippen molar-refractivity contribution in [3.63, 3.8) is 0 Å². The predicted octanol–water partition coefficient (Wildman–Crippen LogP) is 1.17. The second kappa shape index (κ2) is 6.78. The van der Waals surface area contributed by atoms with Crippen molar-refractivity contribution in [3.8, 4) is 0 Å². The van der Waals surface area contributed by atoms with E-state index in [9.17, 15) is 18.0 Å². The minimum Gasteiger partial charge on any atom is -0.450 e. The van der Waals surface area contributed by atoms with Crippen LogP contribution in [0.1, 0.15) is 23.7 Å². The van der Waals surface area contributed by atoms with E-state index in [-0.39, 0.29) is 30.1 Å². The molecule has 1 aromatic rings. The Labute approximate surface area is 129 Å². The summed E-state index contributed by atoms with van der Waals surface area (Å²) in [5.41, 5.74) is 0.781. The molecule has 1 aromatic carbocycles. The van der Waals surface area contributed by atoms with Crippen molar-refractivity contribution >= 4 is 27.5 Å². The van der Waals surface area contributed by atoms with Crippen LogP contribution in [0.3, 0.4) is 0 Å². The van der Waals surface area contributed by atoms with Crippen LogP contribution in [-0.2, 0) is 14.6 Å². The van der Waals surface area contributed by atoms with Crippen LogP contribution in [0, 0.1) is 0 Å². The molecule has 1 aliphatic rings. The molecule has 0 radical (unpaired) electrons. The van der Waals surface area contributed by atoms with Crippen molar-refractivity contribution in [2.45, 2.75) is 19.4 Å². The molecule has 0 aromatic heterocycles. The van der Waals surface area contributed by atoms with Gasteiger partial charge in [-0.3, -0.25) is 10.1 Å². The average molecular weight is 326 g/mol. The summed E-state index contributed by atoms with van der Waals surface area (Å²) < 4.78 is 27.5. The number of rotatable bonds is 4. The molecule has 0 bridgehead atoms. The van der Waals surface area contributed by atoms with E-state index >= 15 is 0 Å². The highest BCUT2D eigenvalue weighted by atomic mass is 32.2. The van der Waals surface area contributed by atoms with Gasteiger partial charge in [0.2, 0.25) is 0 Å². The zero-order chi connectivity index (χ0) is 16.2. The van der Waals surface area contributed by atoms with Gasteiger partial charge in [0.05, 0.1) is 18.1 Å². The molecule has 0 spiro atoms. The fourth-order valence-electron chi connectivity index (χ4n) is 2.20. The number of carbonyl (C=O) groups excluding carboxylic acids is 2. The maximum atomic E-state index is 12.1. The number of ether oxygens (including phenoxy) is 1. The van der Waals surface area contributed by atoms with Gasteiger partial charge in [-0.1, -0.05) is 6.07 Å². The van der Waals surface area contributed by atoms with E-state index in [2.05, 4.69) is 10.6 Å². The number of benzene rings is 1. The first-order chi connectivity index (χ1) is 10.4. The van der Waals surface area contributed by atoms with Gasteiger partial charge in [-0.25, -0.2) is 13.2 Å². The van der Waals surface area contributed by atoms with E-state index in [1.807, 2.05) is 0 Å². The molecule has 2 rings (SSSR count). The van der Waals surface area contributed by atoms with Crippen LogP contribution in [0.5, 0.6) is 0 Å². The van der Waals surface area contributed by atoms with Gasteiger partial charge < -0.3 is 10.1 Å². The Morgan fingerprint density at radius 1 is 1.36 bits per heavy atom. The van der Waals surface area contributed by atoms with Gasteiger partial charge in [0.1, 0.15) is 0 Å². The van der Waals surface area contributed by atoms with Crippen molar-refractivity contribution in [1.29, 1.82) is 0 Å². The van der Waals surface area contributed by atoms with Crippen molar-refractivity contribution in [1.82, 2.24) is 5.32 Å². The van der Waals surface area contributed by atoms with E-state index in [0.717, 1.165) is 0 Å². The number of hydrogen-bond acceptors (Lipinski definition) is 5. The summed E-state index contributed by atoms with van der Waals surface area (Å²) in [4.78, 5) is 23.5. The lowest BCUT2D eigenvalue weighted by Crippen LogP contribution is -2.35. The summed E-state index contributed by atoms with van der Waals surface area (Å²) in [6, 6.07) is 6.00. The van der Waals surface area contributed by atoms with E-state index in [0.29, 0.717) is 17.7 Å². The van der Waals surface area contributed by atoms with Crippen LogP contribution in [0.2, 0.25) is 0 Å². The predicted molar refractivity (Wildman–Crippen MR) is 81.6 cm³/mol. The van der Waals surface area contributed by atoms with Crippen molar-refractivity contribution in [2.24, 2.45) is 0 Å². The van der Waals surface area contributed by atoms with Gasteiger partial charge in [0.15, 0.2) is 9.84 Å². The van der Waals surface area contributed by atoms with E-state index in [4.69, 9.17) is 4.74 Å². The lowest BCUT2D eigenvalue weighted by Gasteiger charge is -2.12. The van der Waals surface area contributed by atoms with E-state index in [1.54, 1.807) is 25.1 Å². The molecule has 1 fully saturated rings. The Morgan fingerprint density at radius 3 is 2.77 bits per heavy atom. The number of nitrogens with one attached hydrogen (secondary N) is 2. The van der Waals surface area contributed by atoms with E-state index in [1.165, 1.54) is 6.07 Å². The fraction of sp³-hybridized carbons (Fsp3) is 0.429. The van der Waals surface area contributed by atoms with Gasteiger partial charge in [-0.15, -0.1) is 0 Å². The van der Waals surface area contributed by atoms with Crippen molar-refractivity contribution in [3.05, 3.63) is 29.8 Å². The van der Waals surface area contributed by atoms with Crippen LogP contribution in [0.15, 0.2) is 24.3 Å². The fourth-order valence-corrected chi connectivity index (χ4v) is 3.87. The Hall–Kier alpha value is -2.09. The molecule has 22 heavy (non-hydrogen) atoms. The molecular weight excluding hydrogens is 308 g/mol. The molecule has 2 N–H and O–H groups in total. The van der Waals surface area contributed by atoms with Crippen molar-refractivity contribution in [2.75, 3.05) is 23.4 Å². The number of carbonyl (C=O) groups is 2. The van der Waals surface area contributed by atoms with Crippen molar-refractivity contribution < 1.29 is 22.7 Å². The maximum Gasteiger partial charge on any atom is 0.411 e.